The SMILES string of the molecule is COc1ccnc(NCC2CN(c3cc4c(nn3)CCCC4)C2)n1. The standard InChI is InChI=1S/C17H22N6O/c1-24-16-6-7-18-17(20-16)19-9-12-10-23(11-12)15-8-13-4-2-3-5-14(13)21-22-15/h6-8,12H,2-5,9-11H2,1H3,(H,18,19,20). The molecule has 2 aromatic rings. The van der Waals surface area contributed by atoms with E-state index in [2.05, 4.69) is 36.4 Å². The maximum Gasteiger partial charge on any atom is 0.225 e. The Balaban J connectivity index is 1.30. The van der Waals surface area contributed by atoms with E-state index >= 15 is 0 Å². The van der Waals surface area contributed by atoms with E-state index in [-0.39, 0.29) is 0 Å². The van der Waals surface area contributed by atoms with E-state index in [0.717, 1.165) is 38.3 Å². The summed E-state index contributed by atoms with van der Waals surface area (Å²) in [5.41, 5.74) is 2.58. The van der Waals surface area contributed by atoms with E-state index in [1.54, 1.807) is 19.4 Å². The maximum absolute atomic E-state index is 5.11. The fourth-order valence-electron chi connectivity index (χ4n) is 3.30. The van der Waals surface area contributed by atoms with Crippen molar-refractivity contribution in [2.45, 2.75) is 25.7 Å². The highest BCUT2D eigenvalue weighted by Gasteiger charge is 2.28. The van der Waals surface area contributed by atoms with Crippen molar-refractivity contribution in [3.05, 3.63) is 29.6 Å². The van der Waals surface area contributed by atoms with Crippen LogP contribution in [-0.4, -0.2) is 46.9 Å². The Morgan fingerprint density at radius 2 is 2.12 bits per heavy atom. The molecule has 7 nitrogen and oxygen atoms in total. The highest BCUT2D eigenvalue weighted by atomic mass is 16.5. The number of nitrogens with zero attached hydrogens (tertiary/aromatic N) is 5. The monoisotopic (exact) mass is 326 g/mol. The van der Waals surface area contributed by atoms with E-state index in [1.165, 1.54) is 24.1 Å². The average molecular weight is 326 g/mol. The van der Waals surface area contributed by atoms with Crippen molar-refractivity contribution in [3.63, 3.8) is 0 Å². The lowest BCUT2D eigenvalue weighted by molar-refractivity contribution is 0.396. The lowest BCUT2D eigenvalue weighted by atomic mass is 9.95. The van der Waals surface area contributed by atoms with Crippen molar-refractivity contribution in [1.82, 2.24) is 20.2 Å². The Bertz CT molecular complexity index is 716. The zero-order valence-corrected chi connectivity index (χ0v) is 13.9. The van der Waals surface area contributed by atoms with Gasteiger partial charge in [0, 0.05) is 37.8 Å². The van der Waals surface area contributed by atoms with Gasteiger partial charge >= 0.3 is 0 Å². The summed E-state index contributed by atoms with van der Waals surface area (Å²) < 4.78 is 5.11. The number of methoxy groups -OCH3 is 1. The van der Waals surface area contributed by atoms with Crippen molar-refractivity contribution in [2.75, 3.05) is 37.0 Å². The molecule has 3 heterocycles. The molecular formula is C17H22N6O. The van der Waals surface area contributed by atoms with Crippen LogP contribution in [0, 0.1) is 5.92 Å². The Morgan fingerprint density at radius 1 is 1.25 bits per heavy atom. The topological polar surface area (TPSA) is 76.1 Å². The second kappa shape index (κ2) is 6.59. The van der Waals surface area contributed by atoms with Crippen LogP contribution in [0.2, 0.25) is 0 Å². The number of rotatable bonds is 5. The summed E-state index contributed by atoms with van der Waals surface area (Å²) in [5.74, 6) is 2.77. The first kappa shape index (κ1) is 15.1. The van der Waals surface area contributed by atoms with Gasteiger partial charge in [0.25, 0.3) is 0 Å². The van der Waals surface area contributed by atoms with Crippen molar-refractivity contribution < 1.29 is 4.74 Å². The van der Waals surface area contributed by atoms with Crippen molar-refractivity contribution >= 4 is 11.8 Å². The minimum atomic E-state index is 0.567. The van der Waals surface area contributed by atoms with Crippen molar-refractivity contribution in [3.8, 4) is 5.88 Å². The zero-order chi connectivity index (χ0) is 16.4. The lowest BCUT2D eigenvalue weighted by Crippen LogP contribution is -2.50. The molecule has 4 rings (SSSR count). The van der Waals surface area contributed by atoms with Crippen LogP contribution in [0.4, 0.5) is 11.8 Å². The van der Waals surface area contributed by atoms with Crippen LogP contribution in [0.3, 0.4) is 0 Å². The normalized spacial score (nSPS) is 17.1. The molecule has 7 heteroatoms. The summed E-state index contributed by atoms with van der Waals surface area (Å²) in [7, 11) is 1.61. The molecule has 1 fully saturated rings. The van der Waals surface area contributed by atoms with Gasteiger partial charge < -0.3 is 15.0 Å². The summed E-state index contributed by atoms with van der Waals surface area (Å²) in [6.07, 6.45) is 6.43. The molecule has 1 aliphatic heterocycles. The molecule has 2 aromatic heterocycles. The molecule has 0 amide bonds. The van der Waals surface area contributed by atoms with Crippen LogP contribution >= 0.6 is 0 Å². The first-order valence-corrected chi connectivity index (χ1v) is 8.53. The van der Waals surface area contributed by atoms with Gasteiger partial charge in [0.1, 0.15) is 0 Å². The predicted octanol–water partition coefficient (Wildman–Crippen LogP) is 1.70. The quantitative estimate of drug-likeness (QED) is 0.896. The summed E-state index contributed by atoms with van der Waals surface area (Å²) in [5, 5.41) is 12.1. The Morgan fingerprint density at radius 3 is 3.00 bits per heavy atom. The van der Waals surface area contributed by atoms with Crippen LogP contribution in [0.15, 0.2) is 18.3 Å². The van der Waals surface area contributed by atoms with E-state index < -0.39 is 0 Å². The second-order valence-corrected chi connectivity index (χ2v) is 6.46. The molecule has 0 spiro atoms. The molecular weight excluding hydrogens is 304 g/mol. The molecule has 0 atom stereocenters. The van der Waals surface area contributed by atoms with E-state index in [1.807, 2.05) is 0 Å². The van der Waals surface area contributed by atoms with Crippen LogP contribution in [-0.2, 0) is 12.8 Å². The molecule has 126 valence electrons. The zero-order valence-electron chi connectivity index (χ0n) is 13.9. The molecule has 2 aliphatic rings. The molecule has 0 bridgehead atoms. The van der Waals surface area contributed by atoms with Gasteiger partial charge in [-0.1, -0.05) is 0 Å². The Kier molecular flexibility index (Phi) is 4.15. The molecule has 0 aromatic carbocycles. The first-order chi connectivity index (χ1) is 11.8. The molecule has 0 unspecified atom stereocenters. The molecule has 0 saturated carbocycles. The van der Waals surface area contributed by atoms with Gasteiger partial charge in [-0.15, -0.1) is 5.10 Å². The average Bonchev–Trinajstić information content (AvgIpc) is 2.60. The van der Waals surface area contributed by atoms with Gasteiger partial charge in [0.05, 0.1) is 12.8 Å². The number of aromatic nitrogens is 4. The third-order valence-corrected chi connectivity index (χ3v) is 4.73. The van der Waals surface area contributed by atoms with Gasteiger partial charge in [0.2, 0.25) is 11.8 Å². The minimum absolute atomic E-state index is 0.567. The van der Waals surface area contributed by atoms with E-state index in [4.69, 9.17) is 4.74 Å². The first-order valence-electron chi connectivity index (χ1n) is 8.53. The van der Waals surface area contributed by atoms with E-state index in [0.29, 0.717) is 17.7 Å². The maximum atomic E-state index is 5.11. The molecule has 1 aliphatic carbocycles. The van der Waals surface area contributed by atoms with Crippen molar-refractivity contribution in [1.29, 1.82) is 0 Å². The van der Waals surface area contributed by atoms with Crippen LogP contribution in [0.5, 0.6) is 5.88 Å². The highest BCUT2D eigenvalue weighted by Crippen LogP contribution is 2.26. The third kappa shape index (κ3) is 3.11. The van der Waals surface area contributed by atoms with Crippen LogP contribution < -0.4 is 15.0 Å². The van der Waals surface area contributed by atoms with Gasteiger partial charge in [-0.25, -0.2) is 4.98 Å². The summed E-state index contributed by atoms with van der Waals surface area (Å²) in [4.78, 5) is 10.8. The number of hydrogen-bond donors (Lipinski definition) is 1. The van der Waals surface area contributed by atoms with Crippen LogP contribution in [0.25, 0.3) is 0 Å². The number of anilines is 2. The predicted molar refractivity (Wildman–Crippen MR) is 91.5 cm³/mol. The van der Waals surface area contributed by atoms with Gasteiger partial charge in [-0.05, 0) is 37.3 Å². The largest absolute Gasteiger partial charge is 0.481 e. The smallest absolute Gasteiger partial charge is 0.225 e. The Labute approximate surface area is 141 Å². The fraction of sp³-hybridized carbons (Fsp3) is 0.529. The molecule has 24 heavy (non-hydrogen) atoms. The Hall–Kier alpha value is -2.44. The number of hydrogen-bond acceptors (Lipinski definition) is 7. The number of nitrogens with one attached hydrogen (secondary N) is 1. The van der Waals surface area contributed by atoms with Crippen LogP contribution in [0.1, 0.15) is 24.1 Å². The third-order valence-electron chi connectivity index (χ3n) is 4.73. The van der Waals surface area contributed by atoms with Gasteiger partial charge in [-0.2, -0.15) is 10.1 Å². The number of ether oxygens (including phenoxy) is 1. The molecule has 0 radical (unpaired) electrons. The summed E-state index contributed by atoms with van der Waals surface area (Å²) >= 11 is 0. The summed E-state index contributed by atoms with van der Waals surface area (Å²) in [6.45, 7) is 2.83. The van der Waals surface area contributed by atoms with Gasteiger partial charge in [0.15, 0.2) is 5.82 Å². The fourth-order valence-corrected chi connectivity index (χ4v) is 3.30. The van der Waals surface area contributed by atoms with Gasteiger partial charge in [-0.3, -0.25) is 0 Å². The number of fused-ring (bicyclic) bond motifs is 1. The second-order valence-electron chi connectivity index (χ2n) is 6.46. The highest BCUT2D eigenvalue weighted by molar-refractivity contribution is 5.45. The lowest BCUT2D eigenvalue weighted by Gasteiger charge is -2.40. The van der Waals surface area contributed by atoms with E-state index in [9.17, 15) is 0 Å². The molecule has 1 saturated heterocycles. The minimum Gasteiger partial charge on any atom is -0.481 e. The molecule has 1 N–H and O–H groups in total. The number of aryl methyl sites for hydroxylation is 2. The summed E-state index contributed by atoms with van der Waals surface area (Å²) in [6, 6.07) is 3.97. The van der Waals surface area contributed by atoms with Crippen molar-refractivity contribution in [2.24, 2.45) is 5.92 Å².